The molecule has 4 heterocycles. The van der Waals surface area contributed by atoms with Crippen LogP contribution in [0.1, 0.15) is 6.04 Å². The normalized spacial score (nSPS) is 16.2. The zero-order chi connectivity index (χ0) is 25.5. The van der Waals surface area contributed by atoms with E-state index in [0.29, 0.717) is 0 Å². The van der Waals surface area contributed by atoms with E-state index in [1.165, 1.54) is 60.7 Å². The zero-order valence-electron chi connectivity index (χ0n) is 21.1. The number of nitrogens with zero attached hydrogens (tertiary/aromatic N) is 4. The van der Waals surface area contributed by atoms with Crippen LogP contribution in [0.4, 0.5) is 11.4 Å². The maximum absolute atomic E-state index is 4.45. The average molecular weight is 500 g/mol. The summed E-state index contributed by atoms with van der Waals surface area (Å²) in [5, 5.41) is 5.08. The predicted octanol–water partition coefficient (Wildman–Crippen LogP) is 8.24. The third-order valence-corrected chi connectivity index (χ3v) is 8.27. The summed E-state index contributed by atoms with van der Waals surface area (Å²) in [7, 11) is 0. The summed E-state index contributed by atoms with van der Waals surface area (Å²) in [6.07, 6.45) is 12.6. The average Bonchev–Trinajstić information content (AvgIpc) is 3.50. The van der Waals surface area contributed by atoms with Gasteiger partial charge in [0.15, 0.2) is 0 Å². The number of benzene rings is 4. The van der Waals surface area contributed by atoms with Crippen LogP contribution in [0, 0.1) is 0 Å². The second-order valence-electron chi connectivity index (χ2n) is 10.3. The molecule has 1 aliphatic heterocycles. The Morgan fingerprint density at radius 1 is 0.667 bits per heavy atom. The first-order chi connectivity index (χ1) is 19.4. The van der Waals surface area contributed by atoms with Crippen LogP contribution >= 0.6 is 0 Å². The van der Waals surface area contributed by atoms with Crippen LogP contribution in [0.5, 0.6) is 0 Å². The Hall–Kier alpha value is -5.22. The fraction of sp³-hybridized carbons (Fsp3) is 0.0286. The molecule has 1 atom stereocenters. The number of hydrogen-bond acceptors (Lipinski definition) is 1. The molecule has 7 aromatic rings. The summed E-state index contributed by atoms with van der Waals surface area (Å²) < 4.78 is 7.31. The topological polar surface area (TPSA) is 25.8 Å². The van der Waals surface area contributed by atoms with E-state index in [-0.39, 0.29) is 6.04 Å². The lowest BCUT2D eigenvalue weighted by atomic mass is 10.0. The molecule has 9 rings (SSSR count). The number of rotatable bonds is 2. The van der Waals surface area contributed by atoms with E-state index in [2.05, 4.69) is 134 Å². The summed E-state index contributed by atoms with van der Waals surface area (Å²) in [4.78, 5) is 4.45. The van der Waals surface area contributed by atoms with Crippen molar-refractivity contribution in [3.63, 3.8) is 0 Å². The highest BCUT2D eigenvalue weighted by atomic mass is 15.2. The van der Waals surface area contributed by atoms with E-state index in [1.807, 2.05) is 18.5 Å². The first-order valence-electron chi connectivity index (χ1n) is 13.4. The first kappa shape index (κ1) is 20.8. The third kappa shape index (κ3) is 2.72. The van der Waals surface area contributed by atoms with E-state index in [1.54, 1.807) is 0 Å². The van der Waals surface area contributed by atoms with Crippen molar-refractivity contribution in [2.24, 2.45) is 0 Å². The quantitative estimate of drug-likeness (QED) is 0.220. The summed E-state index contributed by atoms with van der Waals surface area (Å²) in [6.45, 7) is 0. The maximum atomic E-state index is 4.45. The fourth-order valence-electron chi connectivity index (χ4n) is 6.72. The first-order valence-corrected chi connectivity index (χ1v) is 13.4. The predicted molar refractivity (Wildman–Crippen MR) is 162 cm³/mol. The number of pyridine rings is 1. The Balaban J connectivity index is 1.45. The van der Waals surface area contributed by atoms with Crippen molar-refractivity contribution in [2.75, 3.05) is 0 Å². The monoisotopic (exact) mass is 499 g/mol. The van der Waals surface area contributed by atoms with Crippen molar-refractivity contribution in [1.82, 2.24) is 18.7 Å². The standard InChI is InChI=1S/C35H23N4/c1-2-10-23(11-3-1)37-29-15-5-4-13-25(29)27-20-34-28(21-33(27)37)26-14-8-18-32-35(26)39(34)31-17-7-6-16-30(31)38(32)24-12-9-19-36-22-24/h1-22,31H/q+1. The largest absolute Gasteiger partial charge is 0.318 e. The summed E-state index contributed by atoms with van der Waals surface area (Å²) in [5.41, 5.74) is 9.64. The number of fused-ring (bicyclic) bond motifs is 8. The minimum Gasteiger partial charge on any atom is -0.318 e. The Kier molecular flexibility index (Phi) is 4.08. The van der Waals surface area contributed by atoms with Gasteiger partial charge in [0.05, 0.1) is 22.7 Å². The van der Waals surface area contributed by atoms with Crippen LogP contribution < -0.4 is 4.58 Å². The lowest BCUT2D eigenvalue weighted by Gasteiger charge is -2.24. The van der Waals surface area contributed by atoms with Gasteiger partial charge in [-0.05, 0) is 36.4 Å². The van der Waals surface area contributed by atoms with Crippen LogP contribution in [-0.2, 0) is 0 Å². The molecule has 4 nitrogen and oxygen atoms in total. The number of allylic oxidation sites excluding steroid dienone is 4. The Bertz CT molecular complexity index is 2210. The molecule has 0 fully saturated rings. The van der Waals surface area contributed by atoms with Crippen molar-refractivity contribution in [3.8, 4) is 5.69 Å². The molecule has 39 heavy (non-hydrogen) atoms. The van der Waals surface area contributed by atoms with Crippen LogP contribution in [0.25, 0.3) is 49.3 Å². The van der Waals surface area contributed by atoms with Gasteiger partial charge in [-0.15, -0.1) is 0 Å². The molecule has 0 amide bonds. The van der Waals surface area contributed by atoms with E-state index in [4.69, 9.17) is 0 Å². The molecule has 182 valence electrons. The minimum atomic E-state index is 0.0880. The molecule has 0 N–H and O–H groups in total. The van der Waals surface area contributed by atoms with Crippen molar-refractivity contribution >= 4 is 60.7 Å². The zero-order valence-corrected chi connectivity index (χ0v) is 21.1. The maximum Gasteiger partial charge on any atom is 0.236 e. The van der Waals surface area contributed by atoms with Crippen molar-refractivity contribution in [3.05, 3.63) is 134 Å². The molecule has 1 aliphatic carbocycles. The van der Waals surface area contributed by atoms with Crippen molar-refractivity contribution < 1.29 is 0 Å². The van der Waals surface area contributed by atoms with E-state index < -0.39 is 0 Å². The fourth-order valence-corrected chi connectivity index (χ4v) is 6.72. The highest BCUT2D eigenvalue weighted by molar-refractivity contribution is 6.22. The van der Waals surface area contributed by atoms with Crippen LogP contribution in [0.15, 0.2) is 134 Å². The lowest BCUT2D eigenvalue weighted by Crippen LogP contribution is -2.30. The van der Waals surface area contributed by atoms with E-state index in [9.17, 15) is 0 Å². The van der Waals surface area contributed by atoms with E-state index >= 15 is 0 Å². The van der Waals surface area contributed by atoms with Gasteiger partial charge in [0.2, 0.25) is 17.1 Å². The van der Waals surface area contributed by atoms with Gasteiger partial charge in [-0.1, -0.05) is 66.8 Å². The summed E-state index contributed by atoms with van der Waals surface area (Å²) >= 11 is 0. The van der Waals surface area contributed by atoms with Gasteiger partial charge in [0.25, 0.3) is 0 Å². The molecular formula is C35H23N4+. The Morgan fingerprint density at radius 3 is 2.38 bits per heavy atom. The van der Waals surface area contributed by atoms with Gasteiger partial charge in [-0.25, -0.2) is 0 Å². The molecule has 3 aromatic heterocycles. The molecule has 4 heteroatoms. The van der Waals surface area contributed by atoms with Gasteiger partial charge >= 0.3 is 0 Å². The summed E-state index contributed by atoms with van der Waals surface area (Å²) in [6, 6.07) is 35.2. The smallest absolute Gasteiger partial charge is 0.236 e. The number of hydrogen-bond donors (Lipinski definition) is 0. The van der Waals surface area contributed by atoms with Gasteiger partial charge < -0.3 is 9.13 Å². The second kappa shape index (κ2) is 7.65. The SMILES string of the molecule is C1=CC2=[N+](c3cccnc3)c3cccc4c5cc6c(cc5n(c34)C2C=C1)c1ccccc1n6-c1ccccc1. The molecule has 0 spiro atoms. The second-order valence-corrected chi connectivity index (χ2v) is 10.3. The third-order valence-electron chi connectivity index (χ3n) is 8.27. The van der Waals surface area contributed by atoms with Gasteiger partial charge in [-0.3, -0.25) is 4.98 Å². The highest BCUT2D eigenvalue weighted by Crippen LogP contribution is 2.45. The van der Waals surface area contributed by atoms with Crippen LogP contribution in [-0.4, -0.2) is 19.8 Å². The minimum absolute atomic E-state index is 0.0880. The molecule has 1 unspecified atom stereocenters. The van der Waals surface area contributed by atoms with Crippen molar-refractivity contribution in [1.29, 1.82) is 0 Å². The highest BCUT2D eigenvalue weighted by Gasteiger charge is 2.37. The molecular weight excluding hydrogens is 476 g/mol. The molecule has 0 bridgehead atoms. The van der Waals surface area contributed by atoms with Gasteiger partial charge in [-0.2, -0.15) is 4.58 Å². The molecule has 2 aliphatic rings. The lowest BCUT2D eigenvalue weighted by molar-refractivity contribution is 0.780. The Labute approximate surface area is 224 Å². The summed E-state index contributed by atoms with van der Waals surface area (Å²) in [5.74, 6) is 0. The van der Waals surface area contributed by atoms with E-state index in [0.717, 1.165) is 5.69 Å². The van der Waals surface area contributed by atoms with Crippen molar-refractivity contribution in [2.45, 2.75) is 6.04 Å². The van der Waals surface area contributed by atoms with Crippen LogP contribution in [0.2, 0.25) is 0 Å². The molecule has 0 saturated carbocycles. The van der Waals surface area contributed by atoms with Gasteiger partial charge in [0.1, 0.15) is 11.6 Å². The van der Waals surface area contributed by atoms with Gasteiger partial charge in [0, 0.05) is 51.6 Å². The molecule has 4 aromatic carbocycles. The van der Waals surface area contributed by atoms with Crippen LogP contribution in [0.3, 0.4) is 0 Å². The number of para-hydroxylation sites is 3. The molecule has 0 radical (unpaired) electrons. The number of aromatic nitrogens is 3. The molecule has 0 saturated heterocycles. The Morgan fingerprint density at radius 2 is 1.49 bits per heavy atom.